The van der Waals surface area contributed by atoms with Gasteiger partial charge in [0.05, 0.1) is 4.90 Å². The van der Waals surface area contributed by atoms with Crippen LogP contribution in [0.2, 0.25) is 0 Å². The highest BCUT2D eigenvalue weighted by Gasteiger charge is 2.27. The number of hydrogen-bond donors (Lipinski definition) is 2. The lowest BCUT2D eigenvalue weighted by Gasteiger charge is -2.28. The van der Waals surface area contributed by atoms with Crippen molar-refractivity contribution >= 4 is 10.0 Å². The van der Waals surface area contributed by atoms with E-state index in [9.17, 15) is 8.42 Å². The van der Waals surface area contributed by atoms with Gasteiger partial charge in [0.1, 0.15) is 0 Å². The molecule has 0 aliphatic carbocycles. The van der Waals surface area contributed by atoms with Crippen LogP contribution in [0.25, 0.3) is 0 Å². The zero-order valence-corrected chi connectivity index (χ0v) is 14.5. The monoisotopic (exact) mass is 312 g/mol. The minimum atomic E-state index is -3.49. The smallest absolute Gasteiger partial charge is 0.241 e. The minimum absolute atomic E-state index is 0.133. The van der Waals surface area contributed by atoms with Crippen molar-refractivity contribution in [1.29, 1.82) is 0 Å². The van der Waals surface area contributed by atoms with Crippen molar-refractivity contribution in [2.75, 3.05) is 6.54 Å². The molecule has 0 aliphatic rings. The van der Waals surface area contributed by atoms with Gasteiger partial charge in [-0.25, -0.2) is 13.1 Å². The van der Waals surface area contributed by atoms with E-state index < -0.39 is 15.6 Å². The molecule has 21 heavy (non-hydrogen) atoms. The Morgan fingerprint density at radius 2 is 1.81 bits per heavy atom. The molecule has 5 heteroatoms. The third-order valence-corrected chi connectivity index (χ3v) is 5.76. The maximum absolute atomic E-state index is 12.6. The van der Waals surface area contributed by atoms with Crippen molar-refractivity contribution in [3.63, 3.8) is 0 Å². The Hall–Kier alpha value is -0.910. The molecule has 120 valence electrons. The predicted octanol–water partition coefficient (Wildman–Crippen LogP) is 3.21. The maximum atomic E-state index is 12.6. The molecule has 0 saturated heterocycles. The molecule has 0 radical (unpaired) electrons. The third kappa shape index (κ3) is 4.80. The summed E-state index contributed by atoms with van der Waals surface area (Å²) in [4.78, 5) is 0.331. The molecule has 1 atom stereocenters. The number of benzene rings is 1. The third-order valence-electron chi connectivity index (χ3n) is 4.12. The van der Waals surface area contributed by atoms with Crippen LogP contribution in [0.1, 0.15) is 59.1 Å². The van der Waals surface area contributed by atoms with Crippen LogP contribution in [0, 0.1) is 0 Å². The molecular formula is C16H28N2O2S. The van der Waals surface area contributed by atoms with E-state index in [-0.39, 0.29) is 6.04 Å². The molecule has 0 heterocycles. The molecule has 0 spiro atoms. The Bertz CT molecular complexity index is 551. The molecule has 0 fully saturated rings. The van der Waals surface area contributed by atoms with Crippen LogP contribution in [0.3, 0.4) is 0 Å². The highest BCUT2D eigenvalue weighted by molar-refractivity contribution is 7.89. The van der Waals surface area contributed by atoms with Gasteiger partial charge in [-0.1, -0.05) is 32.9 Å². The van der Waals surface area contributed by atoms with Gasteiger partial charge in [-0.15, -0.1) is 0 Å². The van der Waals surface area contributed by atoms with Crippen molar-refractivity contribution in [1.82, 2.24) is 10.0 Å². The zero-order chi connectivity index (χ0) is 16.1. The fourth-order valence-corrected chi connectivity index (χ4v) is 3.76. The quantitative estimate of drug-likeness (QED) is 0.775. The van der Waals surface area contributed by atoms with Crippen molar-refractivity contribution in [3.8, 4) is 0 Å². The standard InChI is InChI=1S/C16H28N2O2S/c1-6-16(5,7-2)18-21(19,20)15-11-9-10-14(12-15)13(4)17-8-3/h9-13,17-18H,6-8H2,1-5H3. The first-order valence-corrected chi connectivity index (χ1v) is 9.13. The summed E-state index contributed by atoms with van der Waals surface area (Å²) in [5.74, 6) is 0. The van der Waals surface area contributed by atoms with Crippen molar-refractivity contribution < 1.29 is 8.42 Å². The van der Waals surface area contributed by atoms with Crippen LogP contribution in [0.15, 0.2) is 29.2 Å². The summed E-state index contributed by atoms with van der Waals surface area (Å²) < 4.78 is 28.0. The Morgan fingerprint density at radius 1 is 1.19 bits per heavy atom. The van der Waals surface area contributed by atoms with Gasteiger partial charge in [0.25, 0.3) is 0 Å². The lowest BCUT2D eigenvalue weighted by Crippen LogP contribution is -2.44. The second kappa shape index (κ2) is 7.38. The van der Waals surface area contributed by atoms with E-state index in [4.69, 9.17) is 0 Å². The van der Waals surface area contributed by atoms with Crippen LogP contribution in [0.5, 0.6) is 0 Å². The van der Waals surface area contributed by atoms with Gasteiger partial charge in [0.15, 0.2) is 0 Å². The summed E-state index contributed by atoms with van der Waals surface area (Å²) in [6.45, 7) is 10.8. The van der Waals surface area contributed by atoms with Gasteiger partial charge in [0.2, 0.25) is 10.0 Å². The topological polar surface area (TPSA) is 58.2 Å². The van der Waals surface area contributed by atoms with Crippen LogP contribution in [-0.4, -0.2) is 20.5 Å². The number of rotatable bonds is 8. The second-order valence-electron chi connectivity index (χ2n) is 5.73. The van der Waals surface area contributed by atoms with Crippen molar-refractivity contribution in [3.05, 3.63) is 29.8 Å². The molecule has 1 aromatic carbocycles. The second-order valence-corrected chi connectivity index (χ2v) is 7.41. The van der Waals surface area contributed by atoms with Gasteiger partial charge >= 0.3 is 0 Å². The molecule has 1 rings (SSSR count). The van der Waals surface area contributed by atoms with Crippen LogP contribution < -0.4 is 10.0 Å². The Morgan fingerprint density at radius 3 is 2.33 bits per heavy atom. The summed E-state index contributed by atoms with van der Waals surface area (Å²) in [5.41, 5.74) is 0.580. The first-order valence-electron chi connectivity index (χ1n) is 7.65. The van der Waals surface area contributed by atoms with E-state index in [0.717, 1.165) is 24.9 Å². The highest BCUT2D eigenvalue weighted by atomic mass is 32.2. The predicted molar refractivity (Wildman–Crippen MR) is 87.8 cm³/mol. The molecule has 0 saturated carbocycles. The number of hydrogen-bond acceptors (Lipinski definition) is 3. The molecule has 0 aliphatic heterocycles. The number of sulfonamides is 1. The van der Waals surface area contributed by atoms with Crippen LogP contribution >= 0.6 is 0 Å². The molecule has 0 amide bonds. The lowest BCUT2D eigenvalue weighted by atomic mass is 9.98. The lowest BCUT2D eigenvalue weighted by molar-refractivity contribution is 0.388. The van der Waals surface area contributed by atoms with Crippen LogP contribution in [-0.2, 0) is 10.0 Å². The molecule has 0 aromatic heterocycles. The average molecular weight is 312 g/mol. The summed E-state index contributed by atoms with van der Waals surface area (Å²) in [5, 5.41) is 3.30. The van der Waals surface area contributed by atoms with E-state index in [1.54, 1.807) is 18.2 Å². The Kier molecular flexibility index (Phi) is 6.38. The highest BCUT2D eigenvalue weighted by Crippen LogP contribution is 2.21. The Balaban J connectivity index is 3.07. The van der Waals surface area contributed by atoms with Gasteiger partial charge in [-0.3, -0.25) is 0 Å². The summed E-state index contributed by atoms with van der Waals surface area (Å²) in [6.07, 6.45) is 1.52. The largest absolute Gasteiger partial charge is 0.310 e. The van der Waals surface area contributed by atoms with E-state index in [2.05, 4.69) is 10.0 Å². The van der Waals surface area contributed by atoms with Gasteiger partial charge in [-0.2, -0.15) is 0 Å². The van der Waals surface area contributed by atoms with E-state index in [1.807, 2.05) is 40.7 Å². The van der Waals surface area contributed by atoms with Gasteiger partial charge in [-0.05, 0) is 50.9 Å². The normalized spacial score (nSPS) is 14.1. The van der Waals surface area contributed by atoms with Crippen LogP contribution in [0.4, 0.5) is 0 Å². The molecule has 4 nitrogen and oxygen atoms in total. The first-order chi connectivity index (χ1) is 9.78. The minimum Gasteiger partial charge on any atom is -0.310 e. The van der Waals surface area contributed by atoms with E-state index >= 15 is 0 Å². The average Bonchev–Trinajstić information content (AvgIpc) is 2.47. The Labute approximate surface area is 129 Å². The zero-order valence-electron chi connectivity index (χ0n) is 13.7. The fraction of sp³-hybridized carbons (Fsp3) is 0.625. The number of nitrogens with one attached hydrogen (secondary N) is 2. The van der Waals surface area contributed by atoms with E-state index in [0.29, 0.717) is 4.90 Å². The molecule has 2 N–H and O–H groups in total. The van der Waals surface area contributed by atoms with Crippen molar-refractivity contribution in [2.45, 2.75) is 63.9 Å². The summed E-state index contributed by atoms with van der Waals surface area (Å²) >= 11 is 0. The molecule has 1 aromatic rings. The molecule has 1 unspecified atom stereocenters. The van der Waals surface area contributed by atoms with Gasteiger partial charge < -0.3 is 5.32 Å². The molecule has 0 bridgehead atoms. The molecular weight excluding hydrogens is 284 g/mol. The van der Waals surface area contributed by atoms with E-state index in [1.165, 1.54) is 0 Å². The summed E-state index contributed by atoms with van der Waals surface area (Å²) in [7, 11) is -3.49. The summed E-state index contributed by atoms with van der Waals surface area (Å²) in [6, 6.07) is 7.28. The van der Waals surface area contributed by atoms with Crippen molar-refractivity contribution in [2.24, 2.45) is 0 Å². The van der Waals surface area contributed by atoms with Gasteiger partial charge in [0, 0.05) is 11.6 Å². The first kappa shape index (κ1) is 18.1. The SMILES string of the molecule is CCNC(C)c1cccc(S(=O)(=O)NC(C)(CC)CC)c1. The fourth-order valence-electron chi connectivity index (χ4n) is 2.15. The maximum Gasteiger partial charge on any atom is 0.241 e.